The van der Waals surface area contributed by atoms with Gasteiger partial charge >= 0.3 is 5.97 Å². The third-order valence-electron chi connectivity index (χ3n) is 1.92. The van der Waals surface area contributed by atoms with Crippen LogP contribution in [0.3, 0.4) is 0 Å². The van der Waals surface area contributed by atoms with Crippen molar-refractivity contribution in [3.63, 3.8) is 0 Å². The van der Waals surface area contributed by atoms with Crippen LogP contribution in [0.25, 0.3) is 0 Å². The Labute approximate surface area is 106 Å². The monoisotopic (exact) mass is 257 g/mol. The Morgan fingerprint density at radius 3 is 2.41 bits per heavy atom. The fourth-order valence-electron chi connectivity index (χ4n) is 1.31. The quantitative estimate of drug-likeness (QED) is 0.654. The second-order valence-electron chi connectivity index (χ2n) is 4.57. The first-order valence-electron chi connectivity index (χ1n) is 5.11. The zero-order chi connectivity index (χ0) is 13.2. The van der Waals surface area contributed by atoms with E-state index in [4.69, 9.17) is 26.8 Å². The largest absolute Gasteiger partial charge is 0.496 e. The fourth-order valence-corrected chi connectivity index (χ4v) is 1.53. The van der Waals surface area contributed by atoms with Crippen LogP contribution in [0.2, 0.25) is 5.02 Å². The number of nitrogen functional groups attached to an aromatic ring is 1. The lowest BCUT2D eigenvalue weighted by molar-refractivity contribution is 0.00679. The summed E-state index contributed by atoms with van der Waals surface area (Å²) in [6, 6.07) is 3.01. The molecule has 1 aromatic carbocycles. The molecule has 0 saturated heterocycles. The van der Waals surface area contributed by atoms with Gasteiger partial charge in [0.05, 0.1) is 12.8 Å². The molecule has 0 radical (unpaired) electrons. The Kier molecular flexibility index (Phi) is 3.88. The van der Waals surface area contributed by atoms with Crippen LogP contribution >= 0.6 is 11.6 Å². The minimum atomic E-state index is -0.589. The number of hydrogen-bond acceptors (Lipinski definition) is 4. The van der Waals surface area contributed by atoms with Gasteiger partial charge in [-0.1, -0.05) is 11.6 Å². The van der Waals surface area contributed by atoms with Crippen LogP contribution in [0.15, 0.2) is 12.1 Å². The third kappa shape index (κ3) is 3.53. The van der Waals surface area contributed by atoms with Crippen molar-refractivity contribution in [1.82, 2.24) is 0 Å². The number of ether oxygens (including phenoxy) is 2. The predicted molar refractivity (Wildman–Crippen MR) is 67.6 cm³/mol. The minimum Gasteiger partial charge on any atom is -0.496 e. The molecule has 1 aromatic rings. The normalized spacial score (nSPS) is 11.1. The number of halogens is 1. The summed E-state index contributed by atoms with van der Waals surface area (Å²) in [5.74, 6) is -0.215. The van der Waals surface area contributed by atoms with Crippen molar-refractivity contribution in [3.8, 4) is 5.75 Å². The number of anilines is 1. The van der Waals surface area contributed by atoms with Gasteiger partial charge < -0.3 is 15.2 Å². The van der Waals surface area contributed by atoms with Crippen molar-refractivity contribution in [1.29, 1.82) is 0 Å². The summed E-state index contributed by atoms with van der Waals surface area (Å²) in [6.45, 7) is 5.34. The van der Waals surface area contributed by atoms with Crippen molar-refractivity contribution in [2.75, 3.05) is 12.8 Å². The number of rotatable bonds is 2. The molecular formula is C12H16ClNO3. The Bertz CT molecular complexity index is 438. The fraction of sp³-hybridized carbons (Fsp3) is 0.417. The van der Waals surface area contributed by atoms with E-state index in [1.54, 1.807) is 20.8 Å². The van der Waals surface area contributed by atoms with E-state index in [1.165, 1.54) is 19.2 Å². The van der Waals surface area contributed by atoms with Gasteiger partial charge in [0.1, 0.15) is 16.9 Å². The summed E-state index contributed by atoms with van der Waals surface area (Å²) in [5, 5.41) is 0.409. The van der Waals surface area contributed by atoms with Gasteiger partial charge in [-0.25, -0.2) is 4.79 Å². The minimum absolute atomic E-state index is 0.201. The number of hydrogen-bond donors (Lipinski definition) is 1. The number of esters is 1. The topological polar surface area (TPSA) is 61.5 Å². The average molecular weight is 258 g/mol. The van der Waals surface area contributed by atoms with Gasteiger partial charge in [-0.3, -0.25) is 0 Å². The Morgan fingerprint density at radius 1 is 1.35 bits per heavy atom. The molecule has 0 saturated carbocycles. The molecule has 17 heavy (non-hydrogen) atoms. The summed E-state index contributed by atoms with van der Waals surface area (Å²) >= 11 is 5.83. The van der Waals surface area contributed by atoms with E-state index < -0.39 is 11.6 Å². The number of carbonyl (C=O) groups excluding carboxylic acids is 1. The van der Waals surface area contributed by atoms with Gasteiger partial charge in [-0.2, -0.15) is 0 Å². The molecule has 0 aliphatic rings. The first-order chi connectivity index (χ1) is 7.74. The zero-order valence-electron chi connectivity index (χ0n) is 10.3. The summed E-state index contributed by atoms with van der Waals surface area (Å²) in [6.07, 6.45) is 0. The predicted octanol–water partition coefficient (Wildman–Crippen LogP) is 2.89. The summed E-state index contributed by atoms with van der Waals surface area (Å²) < 4.78 is 10.3. The molecule has 0 atom stereocenters. The molecule has 1 rings (SSSR count). The van der Waals surface area contributed by atoms with Gasteiger partial charge in [-0.05, 0) is 32.9 Å². The van der Waals surface area contributed by atoms with E-state index in [1.807, 2.05) is 0 Å². The smallest absolute Gasteiger partial charge is 0.344 e. The Morgan fingerprint density at radius 2 is 1.94 bits per heavy atom. The summed E-state index contributed by atoms with van der Waals surface area (Å²) in [7, 11) is 1.44. The standard InChI is InChI=1S/C12H16ClNO3/c1-12(2,3)17-11(15)10-8(14)5-7(13)6-9(10)16-4/h5-6H,14H2,1-4H3. The second kappa shape index (κ2) is 4.84. The molecule has 0 aliphatic heterocycles. The van der Waals surface area contributed by atoms with Crippen molar-refractivity contribution in [3.05, 3.63) is 22.7 Å². The Balaban J connectivity index is 3.17. The third-order valence-corrected chi connectivity index (χ3v) is 2.14. The molecule has 0 heterocycles. The zero-order valence-corrected chi connectivity index (χ0v) is 11.1. The van der Waals surface area contributed by atoms with Gasteiger partial charge in [0.25, 0.3) is 0 Å². The lowest BCUT2D eigenvalue weighted by Gasteiger charge is -2.21. The highest BCUT2D eigenvalue weighted by molar-refractivity contribution is 6.31. The molecule has 0 spiro atoms. The van der Waals surface area contributed by atoms with Gasteiger partial charge in [-0.15, -0.1) is 0 Å². The van der Waals surface area contributed by atoms with Crippen LogP contribution in [0.4, 0.5) is 5.69 Å². The highest BCUT2D eigenvalue weighted by atomic mass is 35.5. The maximum absolute atomic E-state index is 11.9. The molecule has 0 bridgehead atoms. The van der Waals surface area contributed by atoms with Crippen molar-refractivity contribution in [2.24, 2.45) is 0 Å². The van der Waals surface area contributed by atoms with Crippen LogP contribution in [0.5, 0.6) is 5.75 Å². The highest BCUT2D eigenvalue weighted by Crippen LogP contribution is 2.30. The van der Waals surface area contributed by atoms with Gasteiger partial charge in [0.15, 0.2) is 0 Å². The van der Waals surface area contributed by atoms with Crippen molar-refractivity contribution in [2.45, 2.75) is 26.4 Å². The highest BCUT2D eigenvalue weighted by Gasteiger charge is 2.23. The van der Waals surface area contributed by atoms with Crippen LogP contribution in [-0.4, -0.2) is 18.7 Å². The molecule has 5 heteroatoms. The number of nitrogens with two attached hydrogens (primary N) is 1. The van der Waals surface area contributed by atoms with Gasteiger partial charge in [0.2, 0.25) is 0 Å². The van der Waals surface area contributed by atoms with E-state index in [0.29, 0.717) is 10.8 Å². The first kappa shape index (κ1) is 13.6. The van der Waals surface area contributed by atoms with Crippen LogP contribution in [0, 0.1) is 0 Å². The molecule has 0 fully saturated rings. The van der Waals surface area contributed by atoms with E-state index in [2.05, 4.69) is 0 Å². The maximum Gasteiger partial charge on any atom is 0.344 e. The van der Waals surface area contributed by atoms with E-state index in [0.717, 1.165) is 0 Å². The first-order valence-corrected chi connectivity index (χ1v) is 5.49. The molecular weight excluding hydrogens is 242 g/mol. The van der Waals surface area contributed by atoms with E-state index in [9.17, 15) is 4.79 Å². The van der Waals surface area contributed by atoms with E-state index >= 15 is 0 Å². The van der Waals surface area contributed by atoms with E-state index in [-0.39, 0.29) is 11.3 Å². The summed E-state index contributed by atoms with van der Waals surface area (Å²) in [5.41, 5.74) is 5.60. The molecule has 0 amide bonds. The van der Waals surface area contributed by atoms with Gasteiger partial charge in [0, 0.05) is 5.02 Å². The van der Waals surface area contributed by atoms with Crippen LogP contribution in [-0.2, 0) is 4.74 Å². The van der Waals surface area contributed by atoms with Crippen molar-refractivity contribution >= 4 is 23.3 Å². The second-order valence-corrected chi connectivity index (χ2v) is 5.01. The molecule has 0 aromatic heterocycles. The number of benzene rings is 1. The average Bonchev–Trinajstić information content (AvgIpc) is 2.12. The van der Waals surface area contributed by atoms with Crippen LogP contribution < -0.4 is 10.5 Å². The molecule has 94 valence electrons. The molecule has 4 nitrogen and oxygen atoms in total. The molecule has 2 N–H and O–H groups in total. The lowest BCUT2D eigenvalue weighted by Crippen LogP contribution is -2.24. The SMILES string of the molecule is COc1cc(Cl)cc(N)c1C(=O)OC(C)(C)C. The molecule has 0 aliphatic carbocycles. The number of carbonyl (C=O) groups is 1. The maximum atomic E-state index is 11.9. The lowest BCUT2D eigenvalue weighted by atomic mass is 10.1. The van der Waals surface area contributed by atoms with Crippen LogP contribution in [0.1, 0.15) is 31.1 Å². The number of methoxy groups -OCH3 is 1. The summed E-state index contributed by atoms with van der Waals surface area (Å²) in [4.78, 5) is 11.9. The van der Waals surface area contributed by atoms with Crippen molar-refractivity contribution < 1.29 is 14.3 Å². The Hall–Kier alpha value is -1.42. The molecule has 0 unspecified atom stereocenters.